The Kier molecular flexibility index (Phi) is 6.74. The second kappa shape index (κ2) is 8.06. The number of amides is 1. The Hall–Kier alpha value is -1.34. The molecule has 7 nitrogen and oxygen atoms in total. The van der Waals surface area contributed by atoms with E-state index in [1.54, 1.807) is 0 Å². The standard InChI is InChI=1S/C13H23NO6/c1-3-4-5-20-13(18)14-9(7-16)10-8(6-15)11(10)12(17)19-2/h8-11,15-16H,3-7H2,1-2H3,(H,14,18). The van der Waals surface area contributed by atoms with Crippen molar-refractivity contribution in [2.75, 3.05) is 26.9 Å². The van der Waals surface area contributed by atoms with Gasteiger partial charge in [0.1, 0.15) is 0 Å². The average Bonchev–Trinajstić information content (AvgIpc) is 3.18. The van der Waals surface area contributed by atoms with E-state index in [2.05, 4.69) is 10.1 Å². The summed E-state index contributed by atoms with van der Waals surface area (Å²) in [5.41, 5.74) is 0. The van der Waals surface area contributed by atoms with Gasteiger partial charge in [-0.15, -0.1) is 0 Å². The van der Waals surface area contributed by atoms with Crippen LogP contribution in [0.4, 0.5) is 4.79 Å². The number of hydrogen-bond donors (Lipinski definition) is 3. The molecule has 20 heavy (non-hydrogen) atoms. The van der Waals surface area contributed by atoms with E-state index in [0.29, 0.717) is 6.61 Å². The lowest BCUT2D eigenvalue weighted by Crippen LogP contribution is -2.40. The van der Waals surface area contributed by atoms with E-state index in [1.165, 1.54) is 7.11 Å². The summed E-state index contributed by atoms with van der Waals surface area (Å²) in [5, 5.41) is 21.1. The first-order valence-electron chi connectivity index (χ1n) is 6.83. The molecule has 116 valence electrons. The predicted octanol–water partition coefficient (Wildman–Crippen LogP) is -0.0989. The molecule has 0 heterocycles. The molecule has 4 atom stereocenters. The first-order valence-corrected chi connectivity index (χ1v) is 6.83. The van der Waals surface area contributed by atoms with Gasteiger partial charge >= 0.3 is 12.1 Å². The van der Waals surface area contributed by atoms with Crippen LogP contribution in [0.5, 0.6) is 0 Å². The van der Waals surface area contributed by atoms with Crippen LogP contribution in [0.3, 0.4) is 0 Å². The molecule has 0 aromatic heterocycles. The Morgan fingerprint density at radius 2 is 2.05 bits per heavy atom. The van der Waals surface area contributed by atoms with Crippen molar-refractivity contribution < 1.29 is 29.3 Å². The highest BCUT2D eigenvalue weighted by Crippen LogP contribution is 2.48. The minimum atomic E-state index is -0.621. The van der Waals surface area contributed by atoms with Crippen molar-refractivity contribution in [2.45, 2.75) is 25.8 Å². The molecule has 1 aliphatic rings. The Morgan fingerprint density at radius 1 is 1.35 bits per heavy atom. The molecule has 0 aromatic rings. The molecule has 1 aliphatic carbocycles. The lowest BCUT2D eigenvalue weighted by Gasteiger charge is -2.16. The van der Waals surface area contributed by atoms with Gasteiger partial charge in [0.05, 0.1) is 32.3 Å². The van der Waals surface area contributed by atoms with Crippen LogP contribution in [0.1, 0.15) is 19.8 Å². The number of unbranched alkanes of at least 4 members (excludes halogenated alkanes) is 1. The normalized spacial score (nSPS) is 25.7. The summed E-state index contributed by atoms with van der Waals surface area (Å²) < 4.78 is 9.58. The second-order valence-electron chi connectivity index (χ2n) is 4.90. The molecular weight excluding hydrogens is 266 g/mol. The van der Waals surface area contributed by atoms with Crippen LogP contribution >= 0.6 is 0 Å². The third kappa shape index (κ3) is 4.08. The highest BCUT2D eigenvalue weighted by Gasteiger charge is 2.58. The highest BCUT2D eigenvalue weighted by atomic mass is 16.5. The summed E-state index contributed by atoms with van der Waals surface area (Å²) >= 11 is 0. The molecule has 4 unspecified atom stereocenters. The zero-order valence-electron chi connectivity index (χ0n) is 11.9. The lowest BCUT2D eigenvalue weighted by molar-refractivity contribution is -0.143. The molecule has 1 amide bonds. The van der Waals surface area contributed by atoms with Gasteiger partial charge in [-0.05, 0) is 6.42 Å². The minimum Gasteiger partial charge on any atom is -0.469 e. The number of carbonyl (C=O) groups excluding carboxylic acids is 2. The van der Waals surface area contributed by atoms with Crippen molar-refractivity contribution in [1.29, 1.82) is 0 Å². The monoisotopic (exact) mass is 289 g/mol. The second-order valence-corrected chi connectivity index (χ2v) is 4.90. The SMILES string of the molecule is CCCCOC(=O)NC(CO)C1C(CO)C1C(=O)OC. The maximum Gasteiger partial charge on any atom is 0.407 e. The first kappa shape index (κ1) is 16.7. The van der Waals surface area contributed by atoms with Gasteiger partial charge in [-0.1, -0.05) is 13.3 Å². The molecule has 0 saturated heterocycles. The van der Waals surface area contributed by atoms with Crippen molar-refractivity contribution in [3.63, 3.8) is 0 Å². The van der Waals surface area contributed by atoms with Crippen molar-refractivity contribution >= 4 is 12.1 Å². The van der Waals surface area contributed by atoms with Crippen LogP contribution in [-0.2, 0) is 14.3 Å². The summed E-state index contributed by atoms with van der Waals surface area (Å²) in [6, 6.07) is -0.620. The third-order valence-electron chi connectivity index (χ3n) is 3.61. The number of aliphatic hydroxyl groups is 2. The first-order chi connectivity index (χ1) is 9.60. The van der Waals surface area contributed by atoms with Gasteiger partial charge in [-0.25, -0.2) is 4.79 Å². The molecule has 0 bridgehead atoms. The van der Waals surface area contributed by atoms with Crippen molar-refractivity contribution in [3.8, 4) is 0 Å². The van der Waals surface area contributed by atoms with Crippen molar-refractivity contribution in [3.05, 3.63) is 0 Å². The van der Waals surface area contributed by atoms with Crippen molar-refractivity contribution in [2.24, 2.45) is 17.8 Å². The van der Waals surface area contributed by atoms with Crippen LogP contribution < -0.4 is 5.32 Å². The van der Waals surface area contributed by atoms with E-state index in [0.717, 1.165) is 12.8 Å². The predicted molar refractivity (Wildman–Crippen MR) is 69.8 cm³/mol. The molecule has 0 aromatic carbocycles. The minimum absolute atomic E-state index is 0.187. The summed E-state index contributed by atoms with van der Waals surface area (Å²) in [6.07, 6.45) is 1.06. The lowest BCUT2D eigenvalue weighted by atomic mass is 10.1. The molecule has 3 N–H and O–H groups in total. The maximum atomic E-state index is 11.5. The number of nitrogens with one attached hydrogen (secondary N) is 1. The number of esters is 1. The van der Waals surface area contributed by atoms with Gasteiger partial charge in [-0.2, -0.15) is 0 Å². The number of methoxy groups -OCH3 is 1. The number of hydrogen-bond acceptors (Lipinski definition) is 6. The van der Waals surface area contributed by atoms with Crippen LogP contribution in [0.2, 0.25) is 0 Å². The van der Waals surface area contributed by atoms with Gasteiger partial charge in [0.15, 0.2) is 0 Å². The van der Waals surface area contributed by atoms with Gasteiger partial charge in [-0.3, -0.25) is 4.79 Å². The fourth-order valence-corrected chi connectivity index (χ4v) is 2.42. The number of carbonyl (C=O) groups is 2. The topological polar surface area (TPSA) is 105 Å². The molecule has 1 saturated carbocycles. The Labute approximate surface area is 118 Å². The number of rotatable bonds is 8. The van der Waals surface area contributed by atoms with Gasteiger partial charge in [0.25, 0.3) is 0 Å². The van der Waals surface area contributed by atoms with Gasteiger partial charge < -0.3 is 25.0 Å². The van der Waals surface area contributed by atoms with E-state index >= 15 is 0 Å². The third-order valence-corrected chi connectivity index (χ3v) is 3.61. The molecule has 1 rings (SSSR count). The van der Waals surface area contributed by atoms with Crippen LogP contribution in [0.15, 0.2) is 0 Å². The quantitative estimate of drug-likeness (QED) is 0.426. The average molecular weight is 289 g/mol. The number of aliphatic hydroxyl groups excluding tert-OH is 2. The number of alkyl carbamates (subject to hydrolysis) is 1. The van der Waals surface area contributed by atoms with E-state index < -0.39 is 24.0 Å². The Bertz CT molecular complexity index is 335. The molecule has 0 spiro atoms. The van der Waals surface area contributed by atoms with E-state index in [4.69, 9.17) is 4.74 Å². The smallest absolute Gasteiger partial charge is 0.407 e. The maximum absolute atomic E-state index is 11.5. The Balaban J connectivity index is 2.50. The van der Waals surface area contributed by atoms with Crippen LogP contribution in [-0.4, -0.2) is 55.2 Å². The van der Waals surface area contributed by atoms with Gasteiger partial charge in [0.2, 0.25) is 0 Å². The van der Waals surface area contributed by atoms with Gasteiger partial charge in [0, 0.05) is 18.4 Å². The molecular formula is C13H23NO6. The molecule has 1 fully saturated rings. The molecule has 0 radical (unpaired) electrons. The van der Waals surface area contributed by atoms with Crippen LogP contribution in [0, 0.1) is 17.8 Å². The fraction of sp³-hybridized carbons (Fsp3) is 0.846. The van der Waals surface area contributed by atoms with Crippen LogP contribution in [0.25, 0.3) is 0 Å². The number of ether oxygens (including phenoxy) is 2. The van der Waals surface area contributed by atoms with E-state index in [9.17, 15) is 19.8 Å². The summed E-state index contributed by atoms with van der Waals surface area (Å²) in [5.74, 6) is -1.54. The molecule has 0 aliphatic heterocycles. The van der Waals surface area contributed by atoms with E-state index in [-0.39, 0.29) is 25.0 Å². The summed E-state index contributed by atoms with van der Waals surface area (Å²) in [6.45, 7) is 1.79. The van der Waals surface area contributed by atoms with E-state index in [1.807, 2.05) is 6.92 Å². The molecule has 7 heteroatoms. The summed E-state index contributed by atoms with van der Waals surface area (Å²) in [4.78, 5) is 23.0. The largest absolute Gasteiger partial charge is 0.469 e. The highest BCUT2D eigenvalue weighted by molar-refractivity contribution is 5.77. The zero-order valence-corrected chi connectivity index (χ0v) is 11.9. The summed E-state index contributed by atoms with van der Waals surface area (Å²) in [7, 11) is 1.27. The zero-order chi connectivity index (χ0) is 15.1. The van der Waals surface area contributed by atoms with Crippen molar-refractivity contribution in [1.82, 2.24) is 5.32 Å². The fourth-order valence-electron chi connectivity index (χ4n) is 2.42. The Morgan fingerprint density at radius 3 is 2.55 bits per heavy atom.